The maximum atomic E-state index is 5.00. The summed E-state index contributed by atoms with van der Waals surface area (Å²) >= 11 is 0. The van der Waals surface area contributed by atoms with Gasteiger partial charge in [0.25, 0.3) is 0 Å². The van der Waals surface area contributed by atoms with E-state index in [1.165, 1.54) is 0 Å². The Labute approximate surface area is 73.1 Å². The molecule has 0 amide bonds. The van der Waals surface area contributed by atoms with E-state index in [1.54, 1.807) is 14.2 Å². The van der Waals surface area contributed by atoms with Gasteiger partial charge in [-0.15, -0.1) is 0 Å². The quantitative estimate of drug-likeness (QED) is 0.677. The van der Waals surface area contributed by atoms with Crippen LogP contribution in [0, 0.1) is 6.07 Å². The van der Waals surface area contributed by atoms with Crippen molar-refractivity contribution < 1.29 is 9.47 Å². The Morgan fingerprint density at radius 2 is 1.58 bits per heavy atom. The van der Waals surface area contributed by atoms with Crippen LogP contribution in [0.3, 0.4) is 0 Å². The van der Waals surface area contributed by atoms with E-state index < -0.39 is 0 Å². The summed E-state index contributed by atoms with van der Waals surface area (Å²) in [5, 5.41) is 0. The summed E-state index contributed by atoms with van der Waals surface area (Å²) in [4.78, 5) is 0. The number of rotatable bonds is 4. The summed E-state index contributed by atoms with van der Waals surface area (Å²) in [6.07, 6.45) is 0. The van der Waals surface area contributed by atoms with Crippen molar-refractivity contribution in [1.29, 1.82) is 0 Å². The minimum absolute atomic E-state index is 0.633. The number of methoxy groups -OCH3 is 2. The average Bonchev–Trinajstić information content (AvgIpc) is 2.06. The van der Waals surface area contributed by atoms with E-state index in [0.717, 1.165) is 11.1 Å². The van der Waals surface area contributed by atoms with Crippen molar-refractivity contribution in [1.82, 2.24) is 0 Å². The molecule has 0 aromatic heterocycles. The van der Waals surface area contributed by atoms with E-state index >= 15 is 0 Å². The van der Waals surface area contributed by atoms with E-state index in [1.807, 2.05) is 12.1 Å². The summed E-state index contributed by atoms with van der Waals surface area (Å²) < 4.78 is 10.0. The lowest BCUT2D eigenvalue weighted by atomic mass is 10.1. The molecule has 2 heteroatoms. The molecular formula is C10H13O2. The predicted octanol–water partition coefficient (Wildman–Crippen LogP) is 1.78. The second-order valence-electron chi connectivity index (χ2n) is 2.62. The highest BCUT2D eigenvalue weighted by Gasteiger charge is 1.94. The lowest BCUT2D eigenvalue weighted by Crippen LogP contribution is -1.91. The van der Waals surface area contributed by atoms with Gasteiger partial charge in [-0.2, -0.15) is 0 Å². The third-order valence-electron chi connectivity index (χ3n) is 1.53. The zero-order valence-corrected chi connectivity index (χ0v) is 7.46. The highest BCUT2D eigenvalue weighted by Crippen LogP contribution is 2.06. The van der Waals surface area contributed by atoms with Crippen LogP contribution in [0.1, 0.15) is 11.1 Å². The fourth-order valence-electron chi connectivity index (χ4n) is 1.08. The minimum atomic E-state index is 0.633. The maximum Gasteiger partial charge on any atom is 0.0713 e. The van der Waals surface area contributed by atoms with E-state index in [-0.39, 0.29) is 0 Å². The molecule has 2 nitrogen and oxygen atoms in total. The smallest absolute Gasteiger partial charge is 0.0713 e. The number of hydrogen-bond acceptors (Lipinski definition) is 2. The third-order valence-corrected chi connectivity index (χ3v) is 1.53. The molecule has 0 bridgehead atoms. The van der Waals surface area contributed by atoms with Crippen molar-refractivity contribution in [3.05, 3.63) is 35.4 Å². The molecule has 0 N–H and O–H groups in total. The molecule has 1 aromatic carbocycles. The second kappa shape index (κ2) is 4.91. The van der Waals surface area contributed by atoms with Crippen molar-refractivity contribution >= 4 is 0 Å². The Morgan fingerprint density at radius 1 is 1.08 bits per heavy atom. The van der Waals surface area contributed by atoms with Crippen LogP contribution >= 0.6 is 0 Å². The number of hydrogen-bond donors (Lipinski definition) is 0. The highest BCUT2D eigenvalue weighted by atomic mass is 16.5. The van der Waals surface area contributed by atoms with Crippen molar-refractivity contribution in [3.8, 4) is 0 Å². The first-order valence-corrected chi connectivity index (χ1v) is 3.83. The fourth-order valence-corrected chi connectivity index (χ4v) is 1.08. The zero-order valence-electron chi connectivity index (χ0n) is 7.46. The van der Waals surface area contributed by atoms with Gasteiger partial charge in [-0.1, -0.05) is 6.07 Å². The molecule has 12 heavy (non-hydrogen) atoms. The Hall–Kier alpha value is -0.860. The SMILES string of the molecule is COCc1c[c]cc(COC)c1. The van der Waals surface area contributed by atoms with Gasteiger partial charge in [0.2, 0.25) is 0 Å². The molecular weight excluding hydrogens is 152 g/mol. The number of benzene rings is 1. The van der Waals surface area contributed by atoms with Gasteiger partial charge in [-0.3, -0.25) is 0 Å². The molecule has 0 aliphatic heterocycles. The van der Waals surface area contributed by atoms with Crippen LogP contribution in [0.4, 0.5) is 0 Å². The Bertz CT molecular complexity index is 212. The fraction of sp³-hybridized carbons (Fsp3) is 0.400. The lowest BCUT2D eigenvalue weighted by Gasteiger charge is -2.02. The van der Waals surface area contributed by atoms with Gasteiger partial charge in [0.1, 0.15) is 0 Å². The highest BCUT2D eigenvalue weighted by molar-refractivity contribution is 5.21. The molecule has 0 saturated carbocycles. The van der Waals surface area contributed by atoms with E-state index in [9.17, 15) is 0 Å². The summed E-state index contributed by atoms with van der Waals surface area (Å²) in [7, 11) is 3.37. The second-order valence-corrected chi connectivity index (χ2v) is 2.62. The molecule has 0 heterocycles. The van der Waals surface area contributed by atoms with Crippen LogP contribution in [-0.4, -0.2) is 14.2 Å². The molecule has 0 aliphatic carbocycles. The third kappa shape index (κ3) is 2.64. The molecule has 0 fully saturated rings. The van der Waals surface area contributed by atoms with Gasteiger partial charge in [-0.05, 0) is 29.3 Å². The molecule has 65 valence electrons. The molecule has 1 radical (unpaired) electrons. The van der Waals surface area contributed by atoms with Crippen LogP contribution in [0.15, 0.2) is 18.2 Å². The molecule has 1 aromatic rings. The normalized spacial score (nSPS) is 10.2. The summed E-state index contributed by atoms with van der Waals surface area (Å²) in [6, 6.07) is 8.94. The Morgan fingerprint density at radius 3 is 2.00 bits per heavy atom. The standard InChI is InChI=1S/C10H13O2/c1-11-7-9-4-3-5-10(6-9)8-12-2/h4-6H,7-8H2,1-2H3. The lowest BCUT2D eigenvalue weighted by molar-refractivity contribution is 0.180. The van der Waals surface area contributed by atoms with Gasteiger partial charge in [0, 0.05) is 14.2 Å². The molecule has 0 saturated heterocycles. The van der Waals surface area contributed by atoms with Crippen LogP contribution in [0.5, 0.6) is 0 Å². The van der Waals surface area contributed by atoms with E-state index in [2.05, 4.69) is 12.1 Å². The Balaban J connectivity index is 2.67. The summed E-state index contributed by atoms with van der Waals surface area (Å²) in [5.41, 5.74) is 2.26. The zero-order chi connectivity index (χ0) is 8.81. The molecule has 0 atom stereocenters. The molecule has 0 unspecified atom stereocenters. The summed E-state index contributed by atoms with van der Waals surface area (Å²) in [5.74, 6) is 0. The van der Waals surface area contributed by atoms with Crippen LogP contribution in [0.2, 0.25) is 0 Å². The average molecular weight is 165 g/mol. The van der Waals surface area contributed by atoms with Gasteiger partial charge < -0.3 is 9.47 Å². The van der Waals surface area contributed by atoms with Gasteiger partial charge in [0.05, 0.1) is 13.2 Å². The Kier molecular flexibility index (Phi) is 3.77. The maximum absolute atomic E-state index is 5.00. The van der Waals surface area contributed by atoms with Crippen molar-refractivity contribution in [3.63, 3.8) is 0 Å². The van der Waals surface area contributed by atoms with Gasteiger partial charge in [0.15, 0.2) is 0 Å². The van der Waals surface area contributed by atoms with Gasteiger partial charge in [-0.25, -0.2) is 0 Å². The van der Waals surface area contributed by atoms with Crippen molar-refractivity contribution in [2.24, 2.45) is 0 Å². The molecule has 0 aliphatic rings. The molecule has 1 rings (SSSR count). The summed E-state index contributed by atoms with van der Waals surface area (Å²) in [6.45, 7) is 1.27. The minimum Gasteiger partial charge on any atom is -0.380 e. The first kappa shape index (κ1) is 9.23. The van der Waals surface area contributed by atoms with Crippen LogP contribution in [0.25, 0.3) is 0 Å². The van der Waals surface area contributed by atoms with Crippen molar-refractivity contribution in [2.75, 3.05) is 14.2 Å². The first-order chi connectivity index (χ1) is 5.86. The van der Waals surface area contributed by atoms with Gasteiger partial charge >= 0.3 is 0 Å². The van der Waals surface area contributed by atoms with Crippen LogP contribution < -0.4 is 0 Å². The topological polar surface area (TPSA) is 18.5 Å². The van der Waals surface area contributed by atoms with Crippen molar-refractivity contribution in [2.45, 2.75) is 13.2 Å². The largest absolute Gasteiger partial charge is 0.380 e. The van der Waals surface area contributed by atoms with Crippen LogP contribution in [-0.2, 0) is 22.7 Å². The molecule has 0 spiro atoms. The van der Waals surface area contributed by atoms with E-state index in [4.69, 9.17) is 9.47 Å². The van der Waals surface area contributed by atoms with E-state index in [0.29, 0.717) is 13.2 Å². The number of ether oxygens (including phenoxy) is 2. The monoisotopic (exact) mass is 165 g/mol. The first-order valence-electron chi connectivity index (χ1n) is 3.83. The predicted molar refractivity (Wildman–Crippen MR) is 46.7 cm³/mol.